The number of epoxide rings is 1. The molecule has 0 spiro atoms. The van der Waals surface area contributed by atoms with E-state index in [1.807, 2.05) is 0 Å². The van der Waals surface area contributed by atoms with E-state index in [4.69, 9.17) is 9.47 Å². The van der Waals surface area contributed by atoms with E-state index >= 15 is 0 Å². The number of aliphatic hydroxyl groups excluding tert-OH is 1. The Hall–Kier alpha value is -1.13. The molecule has 2 atom stereocenters. The summed E-state index contributed by atoms with van der Waals surface area (Å²) in [7, 11) is 0. The molecular formula is C13H17FO3. The number of hydrogen-bond acceptors (Lipinski definition) is 3. The molecule has 1 saturated heterocycles. The van der Waals surface area contributed by atoms with Gasteiger partial charge in [0.15, 0.2) is 0 Å². The van der Waals surface area contributed by atoms with Crippen LogP contribution in [-0.2, 0) is 4.74 Å². The van der Waals surface area contributed by atoms with Gasteiger partial charge in [0.1, 0.15) is 11.6 Å². The van der Waals surface area contributed by atoms with Crippen LogP contribution < -0.4 is 4.74 Å². The number of hydrogen-bond donors (Lipinski definition) is 1. The molecule has 0 radical (unpaired) electrons. The van der Waals surface area contributed by atoms with Crippen molar-refractivity contribution in [2.75, 3.05) is 19.8 Å². The van der Waals surface area contributed by atoms with Crippen molar-refractivity contribution < 1.29 is 19.0 Å². The van der Waals surface area contributed by atoms with Gasteiger partial charge in [0.05, 0.1) is 19.3 Å². The molecule has 1 aromatic rings. The van der Waals surface area contributed by atoms with E-state index in [1.54, 1.807) is 12.1 Å². The van der Waals surface area contributed by atoms with Gasteiger partial charge in [-0.3, -0.25) is 0 Å². The van der Waals surface area contributed by atoms with E-state index < -0.39 is 0 Å². The maximum atomic E-state index is 12.7. The topological polar surface area (TPSA) is 42.0 Å². The van der Waals surface area contributed by atoms with Crippen molar-refractivity contribution in [1.29, 1.82) is 0 Å². The molecule has 1 N–H and O–H groups in total. The molecule has 94 valence electrons. The Kier molecular flexibility index (Phi) is 4.34. The van der Waals surface area contributed by atoms with Gasteiger partial charge in [-0.25, -0.2) is 4.39 Å². The van der Waals surface area contributed by atoms with E-state index in [0.29, 0.717) is 18.5 Å². The molecule has 3 nitrogen and oxygen atoms in total. The first-order valence-corrected chi connectivity index (χ1v) is 5.88. The quantitative estimate of drug-likeness (QED) is 0.741. The Morgan fingerprint density at radius 2 is 2.12 bits per heavy atom. The molecular weight excluding hydrogens is 223 g/mol. The smallest absolute Gasteiger partial charge is 0.123 e. The lowest BCUT2D eigenvalue weighted by atomic mass is 10.0. The predicted octanol–water partition coefficient (Wildman–Crippen LogP) is 1.99. The third-order valence-electron chi connectivity index (χ3n) is 2.86. The molecule has 4 heteroatoms. The molecule has 17 heavy (non-hydrogen) atoms. The third-order valence-corrected chi connectivity index (χ3v) is 2.86. The second-order valence-corrected chi connectivity index (χ2v) is 4.35. The van der Waals surface area contributed by atoms with Gasteiger partial charge in [0.25, 0.3) is 0 Å². The monoisotopic (exact) mass is 240 g/mol. The zero-order valence-corrected chi connectivity index (χ0v) is 9.64. The normalized spacial score (nSPS) is 20.0. The van der Waals surface area contributed by atoms with Crippen LogP contribution >= 0.6 is 0 Å². The van der Waals surface area contributed by atoms with Crippen molar-refractivity contribution in [3.05, 3.63) is 30.1 Å². The number of aliphatic hydroxyl groups is 1. The Bertz CT molecular complexity index is 335. The number of ether oxygens (including phenoxy) is 2. The molecule has 1 fully saturated rings. The fraction of sp³-hybridized carbons (Fsp3) is 0.538. The van der Waals surface area contributed by atoms with E-state index in [9.17, 15) is 9.50 Å². The highest BCUT2D eigenvalue weighted by atomic mass is 19.1. The molecule has 1 aliphatic rings. The minimum absolute atomic E-state index is 0.105. The molecule has 0 amide bonds. The summed E-state index contributed by atoms with van der Waals surface area (Å²) in [6, 6.07) is 5.91. The molecule has 1 heterocycles. The van der Waals surface area contributed by atoms with Crippen molar-refractivity contribution in [3.63, 3.8) is 0 Å². The van der Waals surface area contributed by atoms with Gasteiger partial charge in [0, 0.05) is 12.5 Å². The van der Waals surface area contributed by atoms with Gasteiger partial charge >= 0.3 is 0 Å². The minimum Gasteiger partial charge on any atom is -0.493 e. The summed E-state index contributed by atoms with van der Waals surface area (Å²) >= 11 is 0. The largest absolute Gasteiger partial charge is 0.493 e. The Labute approximate surface area is 100 Å². The van der Waals surface area contributed by atoms with Gasteiger partial charge in [-0.1, -0.05) is 0 Å². The average molecular weight is 240 g/mol. The number of halogens is 1. The summed E-state index contributed by atoms with van der Waals surface area (Å²) in [5.74, 6) is 0.471. The zero-order valence-electron chi connectivity index (χ0n) is 9.64. The van der Waals surface area contributed by atoms with Gasteiger partial charge in [-0.05, 0) is 37.1 Å². The summed E-state index contributed by atoms with van der Waals surface area (Å²) in [5, 5.41) is 9.20. The molecule has 0 aromatic heterocycles. The van der Waals surface area contributed by atoms with E-state index in [2.05, 4.69) is 0 Å². The molecule has 0 unspecified atom stereocenters. The fourth-order valence-corrected chi connectivity index (χ4v) is 1.63. The van der Waals surface area contributed by atoms with Crippen LogP contribution in [0.15, 0.2) is 24.3 Å². The predicted molar refractivity (Wildman–Crippen MR) is 61.4 cm³/mol. The van der Waals surface area contributed by atoms with Crippen molar-refractivity contribution in [2.24, 2.45) is 5.92 Å². The lowest BCUT2D eigenvalue weighted by Crippen LogP contribution is -2.16. The van der Waals surface area contributed by atoms with Crippen LogP contribution in [0, 0.1) is 11.7 Å². The first-order chi connectivity index (χ1) is 8.28. The van der Waals surface area contributed by atoms with Gasteiger partial charge in [0.2, 0.25) is 0 Å². The Balaban J connectivity index is 1.72. The summed E-state index contributed by atoms with van der Waals surface area (Å²) in [6.45, 7) is 1.40. The highest BCUT2D eigenvalue weighted by Gasteiger charge is 2.23. The van der Waals surface area contributed by atoms with Crippen molar-refractivity contribution in [1.82, 2.24) is 0 Å². The maximum Gasteiger partial charge on any atom is 0.123 e. The third kappa shape index (κ3) is 4.32. The Morgan fingerprint density at radius 3 is 2.71 bits per heavy atom. The Morgan fingerprint density at radius 1 is 1.41 bits per heavy atom. The van der Waals surface area contributed by atoms with E-state index in [0.717, 1.165) is 19.4 Å². The van der Waals surface area contributed by atoms with Crippen molar-refractivity contribution >= 4 is 0 Å². The number of benzene rings is 1. The first kappa shape index (κ1) is 12.3. The van der Waals surface area contributed by atoms with Crippen molar-refractivity contribution in [2.45, 2.75) is 18.9 Å². The lowest BCUT2D eigenvalue weighted by Gasteiger charge is -2.14. The van der Waals surface area contributed by atoms with Crippen molar-refractivity contribution in [3.8, 4) is 5.75 Å². The highest BCUT2D eigenvalue weighted by molar-refractivity contribution is 5.21. The van der Waals surface area contributed by atoms with E-state index in [1.165, 1.54) is 12.1 Å². The summed E-state index contributed by atoms with van der Waals surface area (Å²) in [6.07, 6.45) is 2.25. The zero-order chi connectivity index (χ0) is 12.1. The SMILES string of the molecule is OC[C@@H](CC[C@H]1CO1)COc1ccc(F)cc1. The summed E-state index contributed by atoms with van der Waals surface area (Å²) in [5.41, 5.74) is 0. The van der Waals surface area contributed by atoms with Crippen LogP contribution in [0.4, 0.5) is 4.39 Å². The highest BCUT2D eigenvalue weighted by Crippen LogP contribution is 2.20. The maximum absolute atomic E-state index is 12.7. The van der Waals surface area contributed by atoms with E-state index in [-0.39, 0.29) is 18.3 Å². The molecule has 1 aromatic carbocycles. The second-order valence-electron chi connectivity index (χ2n) is 4.35. The molecule has 0 bridgehead atoms. The van der Waals surface area contributed by atoms with Crippen LogP contribution in [0.25, 0.3) is 0 Å². The van der Waals surface area contributed by atoms with Gasteiger partial charge < -0.3 is 14.6 Å². The molecule has 1 aliphatic heterocycles. The second kappa shape index (κ2) is 5.98. The fourth-order valence-electron chi connectivity index (χ4n) is 1.63. The molecule has 2 rings (SSSR count). The van der Waals surface area contributed by atoms with Gasteiger partial charge in [-0.15, -0.1) is 0 Å². The van der Waals surface area contributed by atoms with Crippen LogP contribution in [-0.4, -0.2) is 31.0 Å². The molecule has 0 aliphatic carbocycles. The average Bonchev–Trinajstić information content (AvgIpc) is 3.15. The molecule has 0 saturated carbocycles. The lowest BCUT2D eigenvalue weighted by molar-refractivity contribution is 0.151. The van der Waals surface area contributed by atoms with Gasteiger partial charge in [-0.2, -0.15) is 0 Å². The summed E-state index contributed by atoms with van der Waals surface area (Å²) < 4.78 is 23.3. The first-order valence-electron chi connectivity index (χ1n) is 5.88. The van der Waals surface area contributed by atoms with Crippen LogP contribution in [0.3, 0.4) is 0 Å². The van der Waals surface area contributed by atoms with Crippen LogP contribution in [0.5, 0.6) is 5.75 Å². The minimum atomic E-state index is -0.276. The standard InChI is InChI=1S/C13H17FO3/c14-11-2-5-12(6-3-11)16-8-10(7-15)1-4-13-9-17-13/h2-3,5-6,10,13,15H,1,4,7-9H2/t10-,13+/m1/s1. The number of rotatable bonds is 7. The van der Waals surface area contributed by atoms with Crippen LogP contribution in [0.2, 0.25) is 0 Å². The van der Waals surface area contributed by atoms with Crippen LogP contribution in [0.1, 0.15) is 12.8 Å². The summed E-state index contributed by atoms with van der Waals surface area (Å²) in [4.78, 5) is 0.